The zero-order valence-corrected chi connectivity index (χ0v) is 17.3. The number of halogens is 4. The lowest BCUT2D eigenvalue weighted by atomic mass is 10.2. The van der Waals surface area contributed by atoms with Gasteiger partial charge in [0.1, 0.15) is 11.6 Å². The summed E-state index contributed by atoms with van der Waals surface area (Å²) in [7, 11) is -5.01. The highest BCUT2D eigenvalue weighted by atomic mass is 79.9. The topological polar surface area (TPSA) is 55.8 Å². The normalized spacial score (nSPS) is 13.6. The third kappa shape index (κ3) is 7.50. The summed E-state index contributed by atoms with van der Waals surface area (Å²) in [6, 6.07) is 10.8. The maximum Gasteiger partial charge on any atom is 0.442 e. The molecule has 1 unspecified atom stereocenters. The summed E-state index contributed by atoms with van der Waals surface area (Å²) in [4.78, 5) is 9.08. The van der Waals surface area contributed by atoms with Gasteiger partial charge in [0.15, 0.2) is 0 Å². The van der Waals surface area contributed by atoms with Crippen LogP contribution in [-0.4, -0.2) is 23.4 Å². The predicted octanol–water partition coefficient (Wildman–Crippen LogP) is 5.83. The van der Waals surface area contributed by atoms with Gasteiger partial charge in [-0.3, -0.25) is 0 Å². The average molecular weight is 485 g/mol. The maximum absolute atomic E-state index is 12.8. The molecule has 10 heteroatoms. The Labute approximate surface area is 167 Å². The summed E-state index contributed by atoms with van der Waals surface area (Å²) < 4.78 is 59.2. The molecule has 0 saturated carbocycles. The molecule has 1 N–H and O–H groups in total. The molecule has 0 radical (unpaired) electrons. The van der Waals surface area contributed by atoms with Crippen LogP contribution >= 0.6 is 35.3 Å². The van der Waals surface area contributed by atoms with Crippen molar-refractivity contribution in [3.05, 3.63) is 63.9 Å². The Morgan fingerprint density at radius 1 is 1.15 bits per heavy atom. The van der Waals surface area contributed by atoms with Crippen molar-refractivity contribution in [3.63, 3.8) is 0 Å². The lowest BCUT2D eigenvalue weighted by molar-refractivity contribution is 0.136. The first-order valence-corrected chi connectivity index (χ1v) is 11.4. The molecule has 0 aliphatic rings. The fourth-order valence-electron chi connectivity index (χ4n) is 1.97. The highest BCUT2D eigenvalue weighted by Gasteiger charge is 2.34. The first-order chi connectivity index (χ1) is 12.8. The van der Waals surface area contributed by atoms with Gasteiger partial charge in [-0.1, -0.05) is 18.2 Å². The fourth-order valence-corrected chi connectivity index (χ4v) is 3.93. The van der Waals surface area contributed by atoms with Crippen molar-refractivity contribution in [2.45, 2.75) is 18.5 Å². The second-order valence-corrected chi connectivity index (χ2v) is 9.09. The van der Waals surface area contributed by atoms with Crippen molar-refractivity contribution < 1.29 is 31.9 Å². The van der Waals surface area contributed by atoms with Crippen LogP contribution in [0.3, 0.4) is 0 Å². The second kappa shape index (κ2) is 10.5. The van der Waals surface area contributed by atoms with E-state index in [0.29, 0.717) is 13.2 Å². The molecule has 2 rings (SSSR count). The average Bonchev–Trinajstić information content (AvgIpc) is 2.61. The van der Waals surface area contributed by atoms with Crippen molar-refractivity contribution in [2.24, 2.45) is 0 Å². The predicted molar refractivity (Wildman–Crippen MR) is 103 cm³/mol. The number of thioether (sulfide) groups is 1. The first-order valence-electron chi connectivity index (χ1n) is 7.76. The van der Waals surface area contributed by atoms with Gasteiger partial charge in [0.25, 0.3) is 0 Å². The minimum atomic E-state index is -5.01. The van der Waals surface area contributed by atoms with E-state index in [4.69, 9.17) is 9.63 Å². The number of hydrogen-bond donors (Lipinski definition) is 1. The third-order valence-corrected chi connectivity index (χ3v) is 5.86. The van der Waals surface area contributed by atoms with Crippen LogP contribution in [0.1, 0.15) is 11.1 Å². The van der Waals surface area contributed by atoms with Crippen LogP contribution in [0.5, 0.6) is 5.75 Å². The van der Waals surface area contributed by atoms with Crippen molar-refractivity contribution >= 4 is 35.3 Å². The summed E-state index contributed by atoms with van der Waals surface area (Å²) in [6.45, 7) is 0.792. The van der Waals surface area contributed by atoms with Crippen LogP contribution in [0.15, 0.2) is 46.9 Å². The Hall–Kier alpha value is -0.990. The largest absolute Gasteiger partial charge is 0.442 e. The van der Waals surface area contributed by atoms with Crippen molar-refractivity contribution in [1.29, 1.82) is 0 Å². The van der Waals surface area contributed by atoms with Gasteiger partial charge in [0.2, 0.25) is 0 Å². The van der Waals surface area contributed by atoms with Crippen molar-refractivity contribution in [3.8, 4) is 5.75 Å². The van der Waals surface area contributed by atoms with Gasteiger partial charge < -0.3 is 14.2 Å². The first kappa shape index (κ1) is 22.3. The summed E-state index contributed by atoms with van der Waals surface area (Å²) in [5.41, 5.74) is 1.79. The highest BCUT2D eigenvalue weighted by molar-refractivity contribution is 9.10. The third-order valence-electron chi connectivity index (χ3n) is 3.29. The highest BCUT2D eigenvalue weighted by Crippen LogP contribution is 2.50. The number of rotatable bonds is 10. The van der Waals surface area contributed by atoms with Gasteiger partial charge in [0, 0.05) is 11.5 Å². The van der Waals surface area contributed by atoms with E-state index in [2.05, 4.69) is 20.5 Å². The van der Waals surface area contributed by atoms with Crippen LogP contribution < -0.4 is 4.52 Å². The molecule has 0 aromatic heterocycles. The summed E-state index contributed by atoms with van der Waals surface area (Å²) in [6.07, 6.45) is -3.47. The molecule has 0 heterocycles. The van der Waals surface area contributed by atoms with E-state index >= 15 is 0 Å². The molecule has 148 valence electrons. The number of ether oxygens (including phenoxy) is 1. The van der Waals surface area contributed by atoms with E-state index in [1.54, 1.807) is 36.0 Å². The molecular formula is C17H17BrF3O4PS. The van der Waals surface area contributed by atoms with E-state index in [1.165, 1.54) is 18.2 Å². The van der Waals surface area contributed by atoms with Crippen LogP contribution in [0.4, 0.5) is 13.2 Å². The Bertz CT molecular complexity index is 792. The van der Waals surface area contributed by atoms with E-state index in [1.807, 2.05) is 0 Å². The molecular weight excluding hydrogens is 468 g/mol. The second-order valence-electron chi connectivity index (χ2n) is 5.43. The monoisotopic (exact) mass is 484 g/mol. The Morgan fingerprint density at radius 2 is 1.81 bits per heavy atom. The Kier molecular flexibility index (Phi) is 8.69. The molecule has 0 amide bonds. The van der Waals surface area contributed by atoms with E-state index in [-0.39, 0.29) is 16.0 Å². The molecule has 1 atom stereocenters. The summed E-state index contributed by atoms with van der Waals surface area (Å²) in [5.74, 6) is 1.11. The summed E-state index contributed by atoms with van der Waals surface area (Å²) in [5, 5.41) is 0. The molecule has 0 aliphatic heterocycles. The van der Waals surface area contributed by atoms with Gasteiger partial charge in [-0.2, -0.15) is 20.5 Å². The molecule has 0 spiro atoms. The van der Waals surface area contributed by atoms with Crippen LogP contribution in [0.2, 0.25) is 0 Å². The van der Waals surface area contributed by atoms with Gasteiger partial charge in [-0.05, 0) is 51.3 Å². The SMILES string of the molecule is O=P(O)(Oc1ccc(COCCSCc2ccc(F)cc2)cc1Br)C(F)F. The molecule has 2 aromatic carbocycles. The smallest absolute Gasteiger partial charge is 0.420 e. The number of hydrogen-bond acceptors (Lipinski definition) is 4. The zero-order valence-electron chi connectivity index (χ0n) is 14.0. The molecule has 27 heavy (non-hydrogen) atoms. The Morgan fingerprint density at radius 3 is 2.44 bits per heavy atom. The van der Waals surface area contributed by atoms with Gasteiger partial charge in [-0.15, -0.1) is 0 Å². The lowest BCUT2D eigenvalue weighted by Gasteiger charge is -2.14. The maximum atomic E-state index is 12.8. The number of benzene rings is 2. The zero-order chi connectivity index (χ0) is 19.9. The van der Waals surface area contributed by atoms with E-state index < -0.39 is 13.8 Å². The molecule has 2 aromatic rings. The van der Waals surface area contributed by atoms with Crippen LogP contribution in [0, 0.1) is 5.82 Å². The standard InChI is InChI=1S/C17H17BrF3O4PS/c18-15-9-13(3-6-16(15)25-26(22,23)17(20)21)10-24-7-8-27-11-12-1-4-14(19)5-2-12/h1-6,9,17H,7-8,10-11H2,(H,22,23). The number of alkyl halides is 2. The van der Waals surface area contributed by atoms with E-state index in [0.717, 1.165) is 22.6 Å². The Balaban J connectivity index is 1.72. The van der Waals surface area contributed by atoms with E-state index in [9.17, 15) is 17.7 Å². The quantitative estimate of drug-likeness (QED) is 0.339. The molecule has 0 saturated heterocycles. The van der Waals surface area contributed by atoms with Crippen LogP contribution in [-0.2, 0) is 21.7 Å². The van der Waals surface area contributed by atoms with Gasteiger partial charge in [0.05, 0.1) is 17.7 Å². The van der Waals surface area contributed by atoms with Gasteiger partial charge >= 0.3 is 13.8 Å². The van der Waals surface area contributed by atoms with Crippen molar-refractivity contribution in [2.75, 3.05) is 12.4 Å². The fraction of sp³-hybridized carbons (Fsp3) is 0.294. The molecule has 0 aliphatic carbocycles. The molecule has 0 fully saturated rings. The minimum Gasteiger partial charge on any atom is -0.420 e. The van der Waals surface area contributed by atoms with Crippen molar-refractivity contribution in [1.82, 2.24) is 0 Å². The minimum absolute atomic E-state index is 0.139. The van der Waals surface area contributed by atoms with Crippen LogP contribution in [0.25, 0.3) is 0 Å². The molecule has 0 bridgehead atoms. The van der Waals surface area contributed by atoms with Gasteiger partial charge in [-0.25, -0.2) is 8.96 Å². The molecule has 4 nitrogen and oxygen atoms in total. The summed E-state index contributed by atoms with van der Waals surface area (Å²) >= 11 is 4.78. The lowest BCUT2D eigenvalue weighted by Crippen LogP contribution is -2.02.